The van der Waals surface area contributed by atoms with Gasteiger partial charge in [0, 0.05) is 32.2 Å². The molecule has 1 N–H and O–H groups in total. The molecule has 0 unspecified atom stereocenters. The molecule has 0 amide bonds. The fourth-order valence-corrected chi connectivity index (χ4v) is 7.68. The number of benzene rings is 4. The molecular formula is C32H34NOP. The zero-order chi connectivity index (χ0) is 25.0. The molecule has 5 rings (SSSR count). The van der Waals surface area contributed by atoms with Crippen molar-refractivity contribution in [2.45, 2.75) is 52.4 Å². The van der Waals surface area contributed by atoms with Gasteiger partial charge in [-0.05, 0) is 46.2 Å². The maximum absolute atomic E-state index is 15.4. The second-order valence-corrected chi connectivity index (χ2v) is 14.3. The van der Waals surface area contributed by atoms with Crippen LogP contribution in [0.4, 0.5) is 0 Å². The summed E-state index contributed by atoms with van der Waals surface area (Å²) in [6.45, 7) is 13.4. The Balaban J connectivity index is 1.94. The van der Waals surface area contributed by atoms with Crippen LogP contribution in [0.15, 0.2) is 91.0 Å². The smallest absolute Gasteiger partial charge is 0.173 e. The van der Waals surface area contributed by atoms with Gasteiger partial charge in [0.25, 0.3) is 0 Å². The lowest BCUT2D eigenvalue weighted by Crippen LogP contribution is -2.27. The minimum absolute atomic E-state index is 0.0472. The predicted octanol–water partition coefficient (Wildman–Crippen LogP) is 7.56. The summed E-state index contributed by atoms with van der Waals surface area (Å²) >= 11 is 0. The van der Waals surface area contributed by atoms with Crippen LogP contribution in [0.3, 0.4) is 0 Å². The molecular weight excluding hydrogens is 445 g/mol. The second-order valence-electron chi connectivity index (χ2n) is 11.6. The Hall–Kier alpha value is -3.09. The van der Waals surface area contributed by atoms with E-state index >= 15 is 4.57 Å². The summed E-state index contributed by atoms with van der Waals surface area (Å²) in [7, 11) is -3.15. The maximum Gasteiger partial charge on any atom is 0.173 e. The molecule has 0 fully saturated rings. The van der Waals surface area contributed by atoms with Gasteiger partial charge in [-0.1, -0.05) is 108 Å². The minimum atomic E-state index is -3.15. The Kier molecular flexibility index (Phi) is 5.57. The van der Waals surface area contributed by atoms with E-state index in [4.69, 9.17) is 0 Å². The van der Waals surface area contributed by atoms with E-state index in [2.05, 4.69) is 76.9 Å². The van der Waals surface area contributed by atoms with Gasteiger partial charge in [-0.2, -0.15) is 0 Å². The topological polar surface area (TPSA) is 32.9 Å². The number of hydrogen-bond donors (Lipinski definition) is 1. The average Bonchev–Trinajstić information content (AvgIpc) is 3.21. The van der Waals surface area contributed by atoms with Crippen molar-refractivity contribution < 1.29 is 4.57 Å². The van der Waals surface area contributed by atoms with Crippen LogP contribution in [0.2, 0.25) is 0 Å². The summed E-state index contributed by atoms with van der Waals surface area (Å²) < 4.78 is 15.4. The SMILES string of the molecule is CC(C)(C)c1ccc2[nH]c3c(P(=O)(c4ccccc4)c4ccccc4)cc(C(C)(C)C)cc3c2c1. The summed E-state index contributed by atoms with van der Waals surface area (Å²) in [5.74, 6) is 0. The number of hydrogen-bond acceptors (Lipinski definition) is 1. The largest absolute Gasteiger partial charge is 0.354 e. The van der Waals surface area contributed by atoms with Crippen LogP contribution in [0.25, 0.3) is 21.8 Å². The molecule has 0 aliphatic carbocycles. The quantitative estimate of drug-likeness (QED) is 0.266. The van der Waals surface area contributed by atoms with Gasteiger partial charge >= 0.3 is 0 Å². The summed E-state index contributed by atoms with van der Waals surface area (Å²) in [4.78, 5) is 3.68. The zero-order valence-electron chi connectivity index (χ0n) is 21.5. The molecule has 0 saturated carbocycles. The summed E-state index contributed by atoms with van der Waals surface area (Å²) in [5, 5.41) is 4.92. The molecule has 1 aromatic heterocycles. The first kappa shape index (κ1) is 23.6. The molecule has 0 radical (unpaired) electrons. The average molecular weight is 480 g/mol. The Morgan fingerprint density at radius 2 is 1.11 bits per heavy atom. The highest BCUT2D eigenvalue weighted by Gasteiger charge is 2.34. The van der Waals surface area contributed by atoms with Crippen molar-refractivity contribution in [3.8, 4) is 0 Å². The highest BCUT2D eigenvalue weighted by atomic mass is 31.2. The Labute approximate surface area is 208 Å². The van der Waals surface area contributed by atoms with Crippen LogP contribution >= 0.6 is 7.14 Å². The predicted molar refractivity (Wildman–Crippen MR) is 153 cm³/mol. The molecule has 178 valence electrons. The molecule has 0 saturated heterocycles. The van der Waals surface area contributed by atoms with E-state index in [9.17, 15) is 0 Å². The molecule has 4 aromatic carbocycles. The number of rotatable bonds is 3. The molecule has 1 heterocycles. The van der Waals surface area contributed by atoms with Crippen molar-refractivity contribution >= 4 is 44.9 Å². The molecule has 3 heteroatoms. The lowest BCUT2D eigenvalue weighted by atomic mass is 9.85. The van der Waals surface area contributed by atoms with Crippen molar-refractivity contribution in [1.29, 1.82) is 0 Å². The first-order chi connectivity index (χ1) is 16.5. The standard InChI is InChI=1S/C32H34NOP/c1-31(2,3)22-17-18-28-26(19-22)27-20-23(32(4,5)6)21-29(30(27)33-28)35(34,24-13-9-7-10-14-24)25-15-11-8-12-16-25/h7-21,33H,1-6H3. The van der Waals surface area contributed by atoms with Gasteiger partial charge in [0.1, 0.15) is 0 Å². The van der Waals surface area contributed by atoms with E-state index in [1.165, 1.54) is 16.5 Å². The molecule has 5 aromatic rings. The number of nitrogens with one attached hydrogen (secondary N) is 1. The van der Waals surface area contributed by atoms with E-state index in [0.29, 0.717) is 0 Å². The van der Waals surface area contributed by atoms with Crippen molar-refractivity contribution in [3.63, 3.8) is 0 Å². The van der Waals surface area contributed by atoms with Gasteiger partial charge in [0.05, 0.1) is 5.52 Å². The lowest BCUT2D eigenvalue weighted by molar-refractivity contribution is 0.589. The van der Waals surface area contributed by atoms with E-state index in [0.717, 1.165) is 32.3 Å². The van der Waals surface area contributed by atoms with Crippen LogP contribution in [0.1, 0.15) is 52.7 Å². The van der Waals surface area contributed by atoms with Crippen molar-refractivity contribution in [2.75, 3.05) is 0 Å². The molecule has 0 atom stereocenters. The third-order valence-corrected chi connectivity index (χ3v) is 10.1. The number of aromatic amines is 1. The van der Waals surface area contributed by atoms with Crippen LogP contribution in [0, 0.1) is 0 Å². The maximum atomic E-state index is 15.4. The van der Waals surface area contributed by atoms with Crippen LogP contribution in [-0.2, 0) is 15.4 Å². The molecule has 0 aliphatic rings. The Morgan fingerprint density at radius 3 is 1.63 bits per heavy atom. The lowest BCUT2D eigenvalue weighted by Gasteiger charge is -2.25. The van der Waals surface area contributed by atoms with Gasteiger partial charge in [0.15, 0.2) is 7.14 Å². The van der Waals surface area contributed by atoms with Gasteiger partial charge in [-0.3, -0.25) is 0 Å². The van der Waals surface area contributed by atoms with E-state index in [1.54, 1.807) is 0 Å². The molecule has 2 nitrogen and oxygen atoms in total. The molecule has 0 bridgehead atoms. The van der Waals surface area contributed by atoms with Gasteiger partial charge in [0.2, 0.25) is 0 Å². The van der Waals surface area contributed by atoms with Crippen molar-refractivity contribution in [3.05, 3.63) is 102 Å². The first-order valence-electron chi connectivity index (χ1n) is 12.3. The molecule has 0 spiro atoms. The van der Waals surface area contributed by atoms with Gasteiger partial charge < -0.3 is 9.55 Å². The van der Waals surface area contributed by atoms with Crippen LogP contribution < -0.4 is 15.9 Å². The van der Waals surface area contributed by atoms with Crippen molar-refractivity contribution in [1.82, 2.24) is 4.98 Å². The highest BCUT2D eigenvalue weighted by Crippen LogP contribution is 2.46. The normalized spacial score (nSPS) is 13.0. The first-order valence-corrected chi connectivity index (χ1v) is 14.0. The van der Waals surface area contributed by atoms with Crippen LogP contribution in [0.5, 0.6) is 0 Å². The minimum Gasteiger partial charge on any atom is -0.354 e. The zero-order valence-corrected chi connectivity index (χ0v) is 22.4. The molecule has 0 aliphatic heterocycles. The van der Waals surface area contributed by atoms with E-state index in [1.807, 2.05) is 60.7 Å². The van der Waals surface area contributed by atoms with Crippen LogP contribution in [-0.4, -0.2) is 4.98 Å². The number of H-pyrrole nitrogens is 1. The van der Waals surface area contributed by atoms with E-state index in [-0.39, 0.29) is 10.8 Å². The van der Waals surface area contributed by atoms with Gasteiger partial charge in [-0.25, -0.2) is 0 Å². The fourth-order valence-electron chi connectivity index (χ4n) is 4.83. The third-order valence-electron chi connectivity index (χ3n) is 7.00. The molecule has 35 heavy (non-hydrogen) atoms. The van der Waals surface area contributed by atoms with Gasteiger partial charge in [-0.15, -0.1) is 0 Å². The fraction of sp³-hybridized carbons (Fsp3) is 0.250. The second kappa shape index (κ2) is 8.25. The number of fused-ring (bicyclic) bond motifs is 3. The van der Waals surface area contributed by atoms with Crippen molar-refractivity contribution in [2.24, 2.45) is 0 Å². The third kappa shape index (κ3) is 4.05. The Morgan fingerprint density at radius 1 is 0.600 bits per heavy atom. The number of aromatic nitrogens is 1. The van der Waals surface area contributed by atoms with E-state index < -0.39 is 7.14 Å². The summed E-state index contributed by atoms with van der Waals surface area (Å²) in [5.41, 5.74) is 4.48. The summed E-state index contributed by atoms with van der Waals surface area (Å²) in [6, 6.07) is 31.1. The Bertz CT molecular complexity index is 1520. The monoisotopic (exact) mass is 479 g/mol. The summed E-state index contributed by atoms with van der Waals surface area (Å²) in [6.07, 6.45) is 0. The highest BCUT2D eigenvalue weighted by molar-refractivity contribution is 7.85.